The number of hydrogen-bond acceptors (Lipinski definition) is 6. The molecule has 0 amide bonds. The second kappa shape index (κ2) is 8.70. The predicted octanol–water partition coefficient (Wildman–Crippen LogP) is 0.436. The van der Waals surface area contributed by atoms with Crippen LogP contribution in [0.2, 0.25) is 0 Å². The summed E-state index contributed by atoms with van der Waals surface area (Å²) in [6, 6.07) is 0. The van der Waals surface area contributed by atoms with Crippen LogP contribution in [0.1, 0.15) is 26.7 Å². The van der Waals surface area contributed by atoms with E-state index in [0.717, 1.165) is 12.8 Å². The molecule has 0 saturated heterocycles. The van der Waals surface area contributed by atoms with Gasteiger partial charge in [0.15, 0.2) is 13.2 Å². The largest absolute Gasteiger partial charge is 0.463 e. The Morgan fingerprint density at radius 2 is 1.50 bits per heavy atom. The Bertz CT molecular complexity index is 248. The van der Waals surface area contributed by atoms with Crippen molar-refractivity contribution < 1.29 is 28.6 Å². The number of unbranched alkanes of at least 4 members (excludes halogenated alkanes) is 1. The Labute approximate surface area is 93.8 Å². The maximum Gasteiger partial charge on any atom is 0.344 e. The number of carbonyl (C=O) groups excluding carboxylic acids is 3. The fourth-order valence-corrected chi connectivity index (χ4v) is 0.714. The third-order valence-electron chi connectivity index (χ3n) is 1.51. The minimum atomic E-state index is -0.775. The molecule has 0 fully saturated rings. The van der Waals surface area contributed by atoms with E-state index in [4.69, 9.17) is 4.74 Å². The molecule has 0 spiro atoms. The molecule has 6 heteroatoms. The van der Waals surface area contributed by atoms with Gasteiger partial charge in [-0.25, -0.2) is 9.59 Å². The van der Waals surface area contributed by atoms with E-state index in [1.807, 2.05) is 6.92 Å². The van der Waals surface area contributed by atoms with Crippen molar-refractivity contribution in [3.8, 4) is 0 Å². The molecule has 0 N–H and O–H groups in total. The number of hydrogen-bond donors (Lipinski definition) is 0. The molecule has 0 aliphatic carbocycles. The van der Waals surface area contributed by atoms with Crippen molar-refractivity contribution in [1.82, 2.24) is 0 Å². The summed E-state index contributed by atoms with van der Waals surface area (Å²) in [6.45, 7) is 2.51. The number of rotatable bonds is 7. The molecular weight excluding hydrogens is 216 g/mol. The molecule has 0 atom stereocenters. The van der Waals surface area contributed by atoms with Crippen LogP contribution in [0.5, 0.6) is 0 Å². The maximum atomic E-state index is 11.0. The SMILES string of the molecule is CCCCOC(=O)COC(=O)COC(C)=O. The molecular formula is C10H16O6. The first-order chi connectivity index (χ1) is 7.56. The number of esters is 3. The summed E-state index contributed by atoms with van der Waals surface area (Å²) >= 11 is 0. The minimum absolute atomic E-state index is 0.316. The van der Waals surface area contributed by atoms with Crippen LogP contribution in [0.4, 0.5) is 0 Å². The van der Waals surface area contributed by atoms with Crippen molar-refractivity contribution >= 4 is 17.9 Å². The Hall–Kier alpha value is -1.59. The zero-order chi connectivity index (χ0) is 12.4. The topological polar surface area (TPSA) is 78.9 Å². The highest BCUT2D eigenvalue weighted by Crippen LogP contribution is 1.90. The highest BCUT2D eigenvalue weighted by atomic mass is 16.6. The van der Waals surface area contributed by atoms with Gasteiger partial charge in [0.1, 0.15) is 0 Å². The highest BCUT2D eigenvalue weighted by molar-refractivity contribution is 5.78. The van der Waals surface area contributed by atoms with E-state index >= 15 is 0 Å². The Morgan fingerprint density at radius 1 is 0.938 bits per heavy atom. The van der Waals surface area contributed by atoms with Crippen LogP contribution < -0.4 is 0 Å². The van der Waals surface area contributed by atoms with E-state index in [1.54, 1.807) is 0 Å². The van der Waals surface area contributed by atoms with Gasteiger partial charge in [0, 0.05) is 6.92 Å². The molecule has 0 aromatic heterocycles. The Morgan fingerprint density at radius 3 is 2.06 bits per heavy atom. The highest BCUT2D eigenvalue weighted by Gasteiger charge is 2.09. The number of carbonyl (C=O) groups is 3. The van der Waals surface area contributed by atoms with E-state index < -0.39 is 31.1 Å². The summed E-state index contributed by atoms with van der Waals surface area (Å²) in [6.07, 6.45) is 1.69. The quantitative estimate of drug-likeness (QED) is 0.360. The fourth-order valence-electron chi connectivity index (χ4n) is 0.714. The van der Waals surface area contributed by atoms with Crippen LogP contribution in [-0.4, -0.2) is 37.7 Å². The van der Waals surface area contributed by atoms with Crippen molar-refractivity contribution in [3.05, 3.63) is 0 Å². The van der Waals surface area contributed by atoms with E-state index in [1.165, 1.54) is 6.92 Å². The average molecular weight is 232 g/mol. The van der Waals surface area contributed by atoms with Crippen molar-refractivity contribution in [2.45, 2.75) is 26.7 Å². The van der Waals surface area contributed by atoms with Gasteiger partial charge in [-0.05, 0) is 6.42 Å². The average Bonchev–Trinajstić information content (AvgIpc) is 2.24. The summed E-state index contributed by atoms with van der Waals surface area (Å²) in [4.78, 5) is 32.2. The maximum absolute atomic E-state index is 11.0. The van der Waals surface area contributed by atoms with Gasteiger partial charge in [0.25, 0.3) is 0 Å². The minimum Gasteiger partial charge on any atom is -0.463 e. The first-order valence-electron chi connectivity index (χ1n) is 5.00. The number of ether oxygens (including phenoxy) is 3. The Balaban J connectivity index is 3.51. The molecule has 6 nitrogen and oxygen atoms in total. The third-order valence-corrected chi connectivity index (χ3v) is 1.51. The van der Waals surface area contributed by atoms with E-state index in [9.17, 15) is 14.4 Å². The smallest absolute Gasteiger partial charge is 0.344 e. The molecule has 0 aromatic rings. The lowest BCUT2D eigenvalue weighted by Gasteiger charge is -2.05. The monoisotopic (exact) mass is 232 g/mol. The lowest BCUT2D eigenvalue weighted by molar-refractivity contribution is -0.164. The Kier molecular flexibility index (Phi) is 7.83. The molecule has 0 heterocycles. The van der Waals surface area contributed by atoms with Crippen molar-refractivity contribution in [2.24, 2.45) is 0 Å². The first-order valence-corrected chi connectivity index (χ1v) is 5.00. The van der Waals surface area contributed by atoms with Crippen LogP contribution >= 0.6 is 0 Å². The van der Waals surface area contributed by atoms with Gasteiger partial charge in [0.2, 0.25) is 0 Å². The third kappa shape index (κ3) is 8.98. The van der Waals surface area contributed by atoms with Crippen LogP contribution in [0.15, 0.2) is 0 Å². The molecule has 0 bridgehead atoms. The van der Waals surface area contributed by atoms with Gasteiger partial charge in [-0.1, -0.05) is 13.3 Å². The van der Waals surface area contributed by atoms with Crippen LogP contribution in [0, 0.1) is 0 Å². The van der Waals surface area contributed by atoms with Crippen LogP contribution in [-0.2, 0) is 28.6 Å². The zero-order valence-corrected chi connectivity index (χ0v) is 9.49. The molecule has 0 saturated carbocycles. The normalized spacial score (nSPS) is 9.38. The van der Waals surface area contributed by atoms with Gasteiger partial charge in [-0.3, -0.25) is 4.79 Å². The molecule has 0 unspecified atom stereocenters. The molecule has 0 rings (SSSR count). The first kappa shape index (κ1) is 14.4. The van der Waals surface area contributed by atoms with Gasteiger partial charge in [-0.2, -0.15) is 0 Å². The van der Waals surface area contributed by atoms with Crippen molar-refractivity contribution in [1.29, 1.82) is 0 Å². The second-order valence-corrected chi connectivity index (χ2v) is 3.01. The summed E-state index contributed by atoms with van der Waals surface area (Å²) in [5, 5.41) is 0. The van der Waals surface area contributed by atoms with Crippen molar-refractivity contribution in [3.63, 3.8) is 0 Å². The predicted molar refractivity (Wildman–Crippen MR) is 53.5 cm³/mol. The van der Waals surface area contributed by atoms with Gasteiger partial charge < -0.3 is 14.2 Å². The molecule has 0 aliphatic rings. The van der Waals surface area contributed by atoms with Gasteiger partial charge in [0.05, 0.1) is 6.61 Å². The van der Waals surface area contributed by atoms with E-state index in [2.05, 4.69) is 9.47 Å². The second-order valence-electron chi connectivity index (χ2n) is 3.01. The lowest BCUT2D eigenvalue weighted by Crippen LogP contribution is -2.20. The van der Waals surface area contributed by atoms with Crippen LogP contribution in [0.3, 0.4) is 0 Å². The fraction of sp³-hybridized carbons (Fsp3) is 0.700. The van der Waals surface area contributed by atoms with Crippen LogP contribution in [0.25, 0.3) is 0 Å². The van der Waals surface area contributed by atoms with E-state index in [0.29, 0.717) is 6.61 Å². The van der Waals surface area contributed by atoms with E-state index in [-0.39, 0.29) is 0 Å². The van der Waals surface area contributed by atoms with Crippen molar-refractivity contribution in [2.75, 3.05) is 19.8 Å². The summed E-state index contributed by atoms with van der Waals surface area (Å²) in [7, 11) is 0. The molecule has 0 aromatic carbocycles. The molecule has 0 radical (unpaired) electrons. The summed E-state index contributed by atoms with van der Waals surface area (Å²) in [5.41, 5.74) is 0. The summed E-state index contributed by atoms with van der Waals surface area (Å²) in [5.74, 6) is -1.96. The van der Waals surface area contributed by atoms with Gasteiger partial charge >= 0.3 is 17.9 Å². The molecule has 92 valence electrons. The molecule has 0 aliphatic heterocycles. The standard InChI is InChI=1S/C10H16O6/c1-3-4-5-14-9(12)7-16-10(13)6-15-8(2)11/h3-7H2,1-2H3. The molecule has 16 heavy (non-hydrogen) atoms. The lowest BCUT2D eigenvalue weighted by atomic mass is 10.4. The summed E-state index contributed by atoms with van der Waals surface area (Å²) < 4.78 is 13.6. The zero-order valence-electron chi connectivity index (χ0n) is 9.49. The van der Waals surface area contributed by atoms with Gasteiger partial charge in [-0.15, -0.1) is 0 Å².